The largest absolute Gasteiger partial charge is 0.298 e. The van der Waals surface area contributed by atoms with Crippen LogP contribution in [0.5, 0.6) is 0 Å². The van der Waals surface area contributed by atoms with Crippen LogP contribution in [-0.2, 0) is 6.54 Å². The Labute approximate surface area is 148 Å². The molecule has 0 bridgehead atoms. The van der Waals surface area contributed by atoms with Crippen LogP contribution < -0.4 is 0 Å². The van der Waals surface area contributed by atoms with Gasteiger partial charge in [-0.25, -0.2) is 9.37 Å². The zero-order chi connectivity index (χ0) is 16.8. The molecule has 120 valence electrons. The molecule has 0 atom stereocenters. The lowest BCUT2D eigenvalue weighted by Gasteiger charge is -2.14. The monoisotopic (exact) mass is 383 g/mol. The van der Waals surface area contributed by atoms with Crippen LogP contribution >= 0.6 is 15.9 Å². The summed E-state index contributed by atoms with van der Waals surface area (Å²) in [4.78, 5) is 9.34. The first-order valence-corrected chi connectivity index (χ1v) is 8.50. The van der Waals surface area contributed by atoms with E-state index < -0.39 is 0 Å². The molecule has 3 nitrogen and oxygen atoms in total. The van der Waals surface area contributed by atoms with Gasteiger partial charge in [0.25, 0.3) is 0 Å². The number of halogens is 2. The number of aryl methyl sites for hydroxylation is 1. The van der Waals surface area contributed by atoms with Gasteiger partial charge in [-0.05, 0) is 44.2 Å². The van der Waals surface area contributed by atoms with Gasteiger partial charge >= 0.3 is 0 Å². The molecule has 1 aliphatic rings. The Morgan fingerprint density at radius 3 is 2.67 bits per heavy atom. The van der Waals surface area contributed by atoms with E-state index >= 15 is 0 Å². The van der Waals surface area contributed by atoms with Gasteiger partial charge in [0.15, 0.2) is 0 Å². The van der Waals surface area contributed by atoms with Crippen molar-refractivity contribution in [2.45, 2.75) is 20.4 Å². The number of hydrogen-bond acceptors (Lipinski definition) is 2. The van der Waals surface area contributed by atoms with E-state index in [9.17, 15) is 4.39 Å². The molecule has 0 aliphatic carbocycles. The molecule has 0 amide bonds. The van der Waals surface area contributed by atoms with Crippen LogP contribution in [0.15, 0.2) is 51.9 Å². The molecule has 0 spiro atoms. The Bertz CT molecular complexity index is 988. The number of fused-ring (bicyclic) bond motifs is 3. The quantitative estimate of drug-likeness (QED) is 0.596. The second-order valence-corrected chi connectivity index (χ2v) is 6.76. The molecule has 2 heterocycles. The lowest BCUT2D eigenvalue weighted by Crippen LogP contribution is -2.09. The molecule has 0 saturated carbocycles. The van der Waals surface area contributed by atoms with Crippen molar-refractivity contribution < 1.29 is 4.39 Å². The van der Waals surface area contributed by atoms with E-state index in [1.54, 1.807) is 12.1 Å². The van der Waals surface area contributed by atoms with Gasteiger partial charge in [0.2, 0.25) is 0 Å². The normalized spacial score (nSPS) is 13.1. The molecule has 1 aliphatic heterocycles. The van der Waals surface area contributed by atoms with Crippen LogP contribution in [-0.4, -0.2) is 15.3 Å². The van der Waals surface area contributed by atoms with Gasteiger partial charge in [-0.1, -0.05) is 28.1 Å². The van der Waals surface area contributed by atoms with Crippen molar-refractivity contribution >= 4 is 21.6 Å². The van der Waals surface area contributed by atoms with E-state index in [1.807, 2.05) is 38.1 Å². The smallest absolute Gasteiger partial charge is 0.135 e. The first-order chi connectivity index (χ1) is 11.6. The summed E-state index contributed by atoms with van der Waals surface area (Å²) in [7, 11) is 0. The Morgan fingerprint density at radius 1 is 1.08 bits per heavy atom. The SMILES string of the molecule is Cc1nc2n(c1C)-c1ccc(Br)cc1C(c1ccccc1F)=NC2. The summed E-state index contributed by atoms with van der Waals surface area (Å²) < 4.78 is 17.4. The maximum Gasteiger partial charge on any atom is 0.135 e. The Kier molecular flexibility index (Phi) is 3.61. The third kappa shape index (κ3) is 2.31. The van der Waals surface area contributed by atoms with Crippen LogP contribution in [0.2, 0.25) is 0 Å². The Hall–Kier alpha value is -2.27. The third-order valence-corrected chi connectivity index (χ3v) is 4.87. The highest BCUT2D eigenvalue weighted by atomic mass is 79.9. The van der Waals surface area contributed by atoms with Gasteiger partial charge in [-0.2, -0.15) is 0 Å². The molecular formula is C19H15BrFN3. The maximum atomic E-state index is 14.4. The predicted molar refractivity (Wildman–Crippen MR) is 96.5 cm³/mol. The molecule has 24 heavy (non-hydrogen) atoms. The molecule has 5 heteroatoms. The van der Waals surface area contributed by atoms with Crippen molar-refractivity contribution in [3.05, 3.63) is 81.1 Å². The van der Waals surface area contributed by atoms with E-state index in [1.165, 1.54) is 6.07 Å². The zero-order valence-electron chi connectivity index (χ0n) is 13.3. The lowest BCUT2D eigenvalue weighted by molar-refractivity contribution is 0.625. The van der Waals surface area contributed by atoms with E-state index in [4.69, 9.17) is 4.99 Å². The molecular weight excluding hydrogens is 369 g/mol. The van der Waals surface area contributed by atoms with Crippen molar-refractivity contribution in [2.75, 3.05) is 0 Å². The van der Waals surface area contributed by atoms with Gasteiger partial charge in [-0.15, -0.1) is 0 Å². The van der Waals surface area contributed by atoms with Gasteiger partial charge in [0.1, 0.15) is 11.6 Å². The number of hydrogen-bond donors (Lipinski definition) is 0. The summed E-state index contributed by atoms with van der Waals surface area (Å²) in [5.74, 6) is 0.606. The molecule has 4 rings (SSSR count). The molecule has 3 aromatic rings. The first-order valence-electron chi connectivity index (χ1n) is 7.70. The second-order valence-electron chi connectivity index (χ2n) is 5.84. The van der Waals surface area contributed by atoms with E-state index in [-0.39, 0.29) is 5.82 Å². The lowest BCUT2D eigenvalue weighted by atomic mass is 10.00. The van der Waals surface area contributed by atoms with E-state index in [2.05, 4.69) is 25.5 Å². The minimum absolute atomic E-state index is 0.269. The molecule has 0 fully saturated rings. The molecule has 0 N–H and O–H groups in total. The Morgan fingerprint density at radius 2 is 1.88 bits per heavy atom. The number of rotatable bonds is 1. The van der Waals surface area contributed by atoms with Crippen LogP contribution in [0.25, 0.3) is 5.69 Å². The summed E-state index contributed by atoms with van der Waals surface area (Å²) in [5, 5.41) is 0. The van der Waals surface area contributed by atoms with Crippen LogP contribution in [0, 0.1) is 19.7 Å². The van der Waals surface area contributed by atoms with Crippen molar-refractivity contribution in [3.63, 3.8) is 0 Å². The van der Waals surface area contributed by atoms with Crippen molar-refractivity contribution in [2.24, 2.45) is 4.99 Å². The van der Waals surface area contributed by atoms with E-state index in [0.29, 0.717) is 17.8 Å². The van der Waals surface area contributed by atoms with Gasteiger partial charge < -0.3 is 0 Å². The van der Waals surface area contributed by atoms with Crippen LogP contribution in [0.4, 0.5) is 4.39 Å². The highest BCUT2D eigenvalue weighted by Gasteiger charge is 2.23. The fourth-order valence-corrected chi connectivity index (χ4v) is 3.48. The number of imidazole rings is 1. The van der Waals surface area contributed by atoms with Crippen LogP contribution in [0.3, 0.4) is 0 Å². The number of nitrogens with zero attached hydrogens (tertiary/aromatic N) is 3. The summed E-state index contributed by atoms with van der Waals surface area (Å²) >= 11 is 3.52. The van der Waals surface area contributed by atoms with E-state index in [0.717, 1.165) is 32.9 Å². The third-order valence-electron chi connectivity index (χ3n) is 4.38. The van der Waals surface area contributed by atoms with Crippen molar-refractivity contribution in [3.8, 4) is 5.69 Å². The minimum Gasteiger partial charge on any atom is -0.298 e. The summed E-state index contributed by atoms with van der Waals surface area (Å²) in [6, 6.07) is 12.8. The summed E-state index contributed by atoms with van der Waals surface area (Å²) in [5.41, 5.74) is 5.12. The first kappa shape index (κ1) is 15.3. The highest BCUT2D eigenvalue weighted by molar-refractivity contribution is 9.10. The van der Waals surface area contributed by atoms with Gasteiger partial charge in [0, 0.05) is 21.3 Å². The Balaban J connectivity index is 2.03. The zero-order valence-corrected chi connectivity index (χ0v) is 14.9. The average Bonchev–Trinajstić information content (AvgIpc) is 2.75. The topological polar surface area (TPSA) is 30.2 Å². The molecule has 0 radical (unpaired) electrons. The summed E-state index contributed by atoms with van der Waals surface area (Å²) in [6.07, 6.45) is 0. The maximum absolute atomic E-state index is 14.4. The van der Waals surface area contributed by atoms with Crippen molar-refractivity contribution in [1.29, 1.82) is 0 Å². The van der Waals surface area contributed by atoms with Crippen LogP contribution in [0.1, 0.15) is 28.3 Å². The van der Waals surface area contributed by atoms with Crippen molar-refractivity contribution in [1.82, 2.24) is 9.55 Å². The number of benzene rings is 2. The average molecular weight is 384 g/mol. The molecule has 0 saturated heterocycles. The highest BCUT2D eigenvalue weighted by Crippen LogP contribution is 2.30. The second kappa shape index (κ2) is 5.67. The predicted octanol–water partition coefficient (Wildman–Crippen LogP) is 4.74. The fourth-order valence-electron chi connectivity index (χ4n) is 3.12. The van der Waals surface area contributed by atoms with Gasteiger partial charge in [-0.3, -0.25) is 9.56 Å². The summed E-state index contributed by atoms with van der Waals surface area (Å²) in [6.45, 7) is 4.47. The molecule has 2 aromatic carbocycles. The number of aromatic nitrogens is 2. The number of aliphatic imine (C=N–C) groups is 1. The molecule has 1 aromatic heterocycles. The molecule has 0 unspecified atom stereocenters. The van der Waals surface area contributed by atoms with Gasteiger partial charge in [0.05, 0.1) is 23.6 Å². The standard InChI is InChI=1S/C19H15BrFN3/c1-11-12(2)24-17-8-7-13(20)9-15(17)19(22-10-18(24)23-11)14-5-3-4-6-16(14)21/h3-9H,10H2,1-2H3. The minimum atomic E-state index is -0.269. The fraction of sp³-hybridized carbons (Fsp3) is 0.158.